The van der Waals surface area contributed by atoms with Gasteiger partial charge < -0.3 is 0 Å². The van der Waals surface area contributed by atoms with Crippen molar-refractivity contribution in [1.29, 1.82) is 0 Å². The maximum absolute atomic E-state index is 12.8. The molecular weight excluding hydrogens is 310 g/mol. The Balaban J connectivity index is 2.44. The van der Waals surface area contributed by atoms with E-state index in [4.69, 9.17) is 0 Å². The van der Waals surface area contributed by atoms with E-state index in [1.165, 1.54) is 28.6 Å². The van der Waals surface area contributed by atoms with Crippen LogP contribution >= 0.6 is 0 Å². The highest BCUT2D eigenvalue weighted by Crippen LogP contribution is 2.27. The van der Waals surface area contributed by atoms with Crippen molar-refractivity contribution >= 4 is 19.9 Å². The van der Waals surface area contributed by atoms with Gasteiger partial charge in [-0.2, -0.15) is 4.31 Å². The van der Waals surface area contributed by atoms with E-state index in [0.29, 0.717) is 6.54 Å². The van der Waals surface area contributed by atoms with E-state index in [1.807, 2.05) is 6.92 Å². The van der Waals surface area contributed by atoms with Gasteiger partial charge in [-0.3, -0.25) is 0 Å². The third-order valence-corrected chi connectivity index (χ3v) is 6.94. The molecular formula is C14H21NO4S2. The topological polar surface area (TPSA) is 71.5 Å². The smallest absolute Gasteiger partial charge is 0.224 e. The van der Waals surface area contributed by atoms with Crippen molar-refractivity contribution in [3.63, 3.8) is 0 Å². The third kappa shape index (κ3) is 3.46. The molecule has 0 saturated carbocycles. The van der Waals surface area contributed by atoms with Crippen molar-refractivity contribution in [2.24, 2.45) is 0 Å². The Hall–Kier alpha value is -0.920. The van der Waals surface area contributed by atoms with E-state index < -0.39 is 19.9 Å². The molecule has 2 rings (SSSR count). The molecule has 0 unspecified atom stereocenters. The third-order valence-electron chi connectivity index (χ3n) is 3.88. The molecule has 0 aliphatic carbocycles. The molecule has 0 amide bonds. The quantitative estimate of drug-likeness (QED) is 0.846. The Kier molecular flexibility index (Phi) is 4.75. The first kappa shape index (κ1) is 16.5. The molecule has 0 aromatic heterocycles. The lowest BCUT2D eigenvalue weighted by Crippen LogP contribution is -2.43. The summed E-state index contributed by atoms with van der Waals surface area (Å²) in [5, 5.41) is 0. The first-order chi connectivity index (χ1) is 9.76. The molecule has 1 heterocycles. The van der Waals surface area contributed by atoms with Crippen LogP contribution in [0.25, 0.3) is 0 Å². The largest absolute Gasteiger partial charge is 0.243 e. The summed E-state index contributed by atoms with van der Waals surface area (Å²) in [7, 11) is -7.06. The van der Waals surface area contributed by atoms with Gasteiger partial charge >= 0.3 is 0 Å². The lowest BCUT2D eigenvalue weighted by Gasteiger charge is -2.34. The molecule has 1 fully saturated rings. The van der Waals surface area contributed by atoms with Gasteiger partial charge in [-0.1, -0.05) is 19.4 Å². The number of nitrogens with zero attached hydrogens (tertiary/aromatic N) is 1. The fourth-order valence-electron chi connectivity index (χ4n) is 2.70. The summed E-state index contributed by atoms with van der Waals surface area (Å²) in [6, 6.07) is 5.62. The Morgan fingerprint density at radius 1 is 1.14 bits per heavy atom. The van der Waals surface area contributed by atoms with Gasteiger partial charge in [-0.15, -0.1) is 0 Å². The van der Waals surface area contributed by atoms with E-state index in [0.717, 1.165) is 31.9 Å². The molecule has 1 aliphatic heterocycles. The Bertz CT molecular complexity index is 710. The number of rotatable bonds is 4. The number of hydrogen-bond donors (Lipinski definition) is 0. The minimum atomic E-state index is -3.64. The van der Waals surface area contributed by atoms with Gasteiger partial charge in [0, 0.05) is 18.8 Å². The lowest BCUT2D eigenvalue weighted by atomic mass is 10.0. The molecule has 1 aromatic carbocycles. The van der Waals surface area contributed by atoms with Crippen LogP contribution in [0.15, 0.2) is 34.1 Å². The second-order valence-corrected chi connectivity index (χ2v) is 9.33. The standard InChI is InChI=1S/C14H21NO4S2/c1-3-12-7-4-5-10-15(12)21(18,19)14-9-6-8-13(11-14)20(2,16)17/h6,8-9,11-12H,3-5,7,10H2,1-2H3/t12-/m1/s1. The molecule has 1 atom stereocenters. The minimum absolute atomic E-state index is 0.00522. The van der Waals surface area contributed by atoms with Crippen LogP contribution in [0.2, 0.25) is 0 Å². The zero-order valence-corrected chi connectivity index (χ0v) is 14.0. The van der Waals surface area contributed by atoms with Gasteiger partial charge in [-0.05, 0) is 37.5 Å². The number of piperidine rings is 1. The first-order valence-electron chi connectivity index (χ1n) is 7.09. The van der Waals surface area contributed by atoms with Gasteiger partial charge in [0.1, 0.15) is 0 Å². The monoisotopic (exact) mass is 331 g/mol. The Morgan fingerprint density at radius 3 is 2.43 bits per heavy atom. The van der Waals surface area contributed by atoms with E-state index in [9.17, 15) is 16.8 Å². The van der Waals surface area contributed by atoms with Crippen molar-refractivity contribution in [1.82, 2.24) is 4.31 Å². The van der Waals surface area contributed by atoms with Crippen LogP contribution in [0.1, 0.15) is 32.6 Å². The van der Waals surface area contributed by atoms with Gasteiger partial charge in [0.2, 0.25) is 10.0 Å². The highest BCUT2D eigenvalue weighted by atomic mass is 32.2. The normalized spacial score (nSPS) is 21.3. The fraction of sp³-hybridized carbons (Fsp3) is 0.571. The Morgan fingerprint density at radius 2 is 1.81 bits per heavy atom. The van der Waals surface area contributed by atoms with Crippen LogP contribution in [-0.4, -0.2) is 40.0 Å². The zero-order valence-electron chi connectivity index (χ0n) is 12.3. The van der Waals surface area contributed by atoms with Crippen molar-refractivity contribution in [3.05, 3.63) is 24.3 Å². The lowest BCUT2D eigenvalue weighted by molar-refractivity contribution is 0.246. The van der Waals surface area contributed by atoms with Crippen LogP contribution < -0.4 is 0 Å². The minimum Gasteiger partial charge on any atom is -0.224 e. The summed E-state index contributed by atoms with van der Waals surface area (Å²) in [6.07, 6.45) is 4.59. The van der Waals surface area contributed by atoms with Gasteiger partial charge in [-0.25, -0.2) is 16.8 Å². The predicted molar refractivity (Wildman–Crippen MR) is 81.4 cm³/mol. The van der Waals surface area contributed by atoms with Crippen LogP contribution in [0.3, 0.4) is 0 Å². The van der Waals surface area contributed by atoms with Gasteiger partial charge in [0.15, 0.2) is 9.84 Å². The number of benzene rings is 1. The van der Waals surface area contributed by atoms with Crippen molar-refractivity contribution in [3.8, 4) is 0 Å². The summed E-state index contributed by atoms with van der Waals surface area (Å²) in [5.41, 5.74) is 0. The van der Waals surface area contributed by atoms with E-state index in [1.54, 1.807) is 0 Å². The second kappa shape index (κ2) is 6.06. The highest BCUT2D eigenvalue weighted by molar-refractivity contribution is 7.91. The SMILES string of the molecule is CC[C@@H]1CCCCN1S(=O)(=O)c1cccc(S(C)(=O)=O)c1. The van der Waals surface area contributed by atoms with E-state index >= 15 is 0 Å². The first-order valence-corrected chi connectivity index (χ1v) is 10.4. The molecule has 1 aliphatic rings. The fourth-order valence-corrected chi connectivity index (χ4v) is 5.25. The molecule has 118 valence electrons. The Labute approximate surface area is 126 Å². The molecule has 0 N–H and O–H groups in total. The number of sulfonamides is 1. The van der Waals surface area contributed by atoms with Crippen molar-refractivity contribution < 1.29 is 16.8 Å². The van der Waals surface area contributed by atoms with Crippen LogP contribution in [0, 0.1) is 0 Å². The average molecular weight is 331 g/mol. The predicted octanol–water partition coefficient (Wildman–Crippen LogP) is 2.04. The molecule has 1 saturated heterocycles. The zero-order chi connectivity index (χ0) is 15.7. The average Bonchev–Trinajstić information content (AvgIpc) is 2.46. The maximum atomic E-state index is 12.8. The van der Waals surface area contributed by atoms with Gasteiger partial charge in [0.05, 0.1) is 9.79 Å². The maximum Gasteiger partial charge on any atom is 0.243 e. The number of sulfone groups is 1. The molecule has 0 radical (unpaired) electrons. The van der Waals surface area contributed by atoms with E-state index in [2.05, 4.69) is 0 Å². The summed E-state index contributed by atoms with van der Waals surface area (Å²) >= 11 is 0. The molecule has 21 heavy (non-hydrogen) atoms. The molecule has 0 bridgehead atoms. The summed E-state index contributed by atoms with van der Waals surface area (Å²) in [5.74, 6) is 0. The summed E-state index contributed by atoms with van der Waals surface area (Å²) in [6.45, 7) is 2.48. The molecule has 5 nitrogen and oxygen atoms in total. The molecule has 0 spiro atoms. The molecule has 1 aromatic rings. The number of hydrogen-bond acceptors (Lipinski definition) is 4. The van der Waals surface area contributed by atoms with Crippen LogP contribution in [0.5, 0.6) is 0 Å². The van der Waals surface area contributed by atoms with Crippen molar-refractivity contribution in [2.45, 2.75) is 48.4 Å². The summed E-state index contributed by atoms with van der Waals surface area (Å²) in [4.78, 5) is 0.0967. The van der Waals surface area contributed by atoms with Gasteiger partial charge in [0.25, 0.3) is 0 Å². The van der Waals surface area contributed by atoms with E-state index in [-0.39, 0.29) is 15.8 Å². The van der Waals surface area contributed by atoms with Crippen LogP contribution in [-0.2, 0) is 19.9 Å². The van der Waals surface area contributed by atoms with Crippen molar-refractivity contribution in [2.75, 3.05) is 12.8 Å². The second-order valence-electron chi connectivity index (χ2n) is 5.42. The van der Waals surface area contributed by atoms with Crippen LogP contribution in [0.4, 0.5) is 0 Å². The molecule has 7 heteroatoms. The highest BCUT2D eigenvalue weighted by Gasteiger charge is 2.32. The summed E-state index contributed by atoms with van der Waals surface area (Å²) < 4.78 is 50.3.